The highest BCUT2D eigenvalue weighted by Gasteiger charge is 2.16. The average molecular weight is 343 g/mol. The molecule has 1 amide bonds. The van der Waals surface area contributed by atoms with Crippen molar-refractivity contribution >= 4 is 18.0 Å². The summed E-state index contributed by atoms with van der Waals surface area (Å²) < 4.78 is 15.7. The van der Waals surface area contributed by atoms with Crippen molar-refractivity contribution in [1.82, 2.24) is 5.32 Å². The van der Waals surface area contributed by atoms with Gasteiger partial charge in [0.15, 0.2) is 6.10 Å². The quantitative estimate of drug-likeness (QED) is 0.589. The van der Waals surface area contributed by atoms with E-state index in [1.807, 2.05) is 31.2 Å². The molecule has 0 unspecified atom stereocenters. The van der Waals surface area contributed by atoms with Gasteiger partial charge in [-0.15, -0.1) is 0 Å². The molecule has 1 aromatic heterocycles. The van der Waals surface area contributed by atoms with Crippen LogP contribution in [0.15, 0.2) is 53.2 Å². The van der Waals surface area contributed by atoms with Gasteiger partial charge in [0.2, 0.25) is 0 Å². The van der Waals surface area contributed by atoms with Crippen LogP contribution < -0.4 is 10.1 Å². The fourth-order valence-electron chi connectivity index (χ4n) is 2.06. The first-order valence-corrected chi connectivity index (χ1v) is 8.00. The fourth-order valence-corrected chi connectivity index (χ4v) is 2.06. The zero-order chi connectivity index (χ0) is 18.1. The zero-order valence-corrected chi connectivity index (χ0v) is 14.2. The summed E-state index contributed by atoms with van der Waals surface area (Å²) in [6.45, 7) is 4.17. The minimum absolute atomic E-state index is 0.241. The molecule has 2 aromatic rings. The molecule has 0 aliphatic heterocycles. The van der Waals surface area contributed by atoms with Gasteiger partial charge in [-0.2, -0.15) is 0 Å². The van der Waals surface area contributed by atoms with Crippen LogP contribution in [0.25, 0.3) is 6.08 Å². The highest BCUT2D eigenvalue weighted by Crippen LogP contribution is 2.19. The van der Waals surface area contributed by atoms with Crippen LogP contribution in [-0.2, 0) is 20.9 Å². The maximum absolute atomic E-state index is 11.9. The molecule has 6 heteroatoms. The third kappa shape index (κ3) is 5.84. The Morgan fingerprint density at radius 3 is 2.76 bits per heavy atom. The van der Waals surface area contributed by atoms with Crippen LogP contribution in [0, 0.1) is 0 Å². The Morgan fingerprint density at radius 2 is 2.04 bits per heavy atom. The molecule has 0 saturated carbocycles. The zero-order valence-electron chi connectivity index (χ0n) is 14.2. The molecule has 132 valence electrons. The first kappa shape index (κ1) is 18.3. The van der Waals surface area contributed by atoms with Crippen molar-refractivity contribution in [3.63, 3.8) is 0 Å². The second-order valence-electron chi connectivity index (χ2n) is 5.18. The Balaban J connectivity index is 1.85. The van der Waals surface area contributed by atoms with Gasteiger partial charge >= 0.3 is 5.97 Å². The Labute approximate surface area is 146 Å². The smallest absolute Gasteiger partial charge is 0.331 e. The van der Waals surface area contributed by atoms with Gasteiger partial charge in [-0.3, -0.25) is 4.79 Å². The summed E-state index contributed by atoms with van der Waals surface area (Å²) in [7, 11) is 0. The molecule has 6 nitrogen and oxygen atoms in total. The SMILES string of the molecule is CCOc1ccccc1/C=C/C(=O)O[C@H](C)C(=O)NCc1ccco1. The molecule has 0 aliphatic rings. The van der Waals surface area contributed by atoms with Gasteiger partial charge in [0.25, 0.3) is 5.91 Å². The van der Waals surface area contributed by atoms with Crippen molar-refractivity contribution < 1.29 is 23.5 Å². The van der Waals surface area contributed by atoms with E-state index in [2.05, 4.69) is 5.32 Å². The molecule has 2 rings (SSSR count). The monoisotopic (exact) mass is 343 g/mol. The molecule has 1 atom stereocenters. The second kappa shape index (κ2) is 9.32. The molecule has 1 N–H and O–H groups in total. The Hall–Kier alpha value is -3.02. The van der Waals surface area contributed by atoms with E-state index < -0.39 is 18.0 Å². The standard InChI is InChI=1S/C19H21NO5/c1-3-23-17-9-5-4-7-15(17)10-11-18(21)25-14(2)19(22)20-13-16-8-6-12-24-16/h4-12,14H,3,13H2,1-2H3,(H,20,22)/b11-10+/t14-/m1/s1. The van der Waals surface area contributed by atoms with Crippen molar-refractivity contribution in [2.75, 3.05) is 6.61 Å². The lowest BCUT2D eigenvalue weighted by atomic mass is 10.2. The first-order chi connectivity index (χ1) is 12.1. The molecular weight excluding hydrogens is 322 g/mol. The predicted molar refractivity (Wildman–Crippen MR) is 92.8 cm³/mol. The van der Waals surface area contributed by atoms with Crippen molar-refractivity contribution in [2.24, 2.45) is 0 Å². The number of carbonyl (C=O) groups is 2. The number of rotatable bonds is 8. The number of furan rings is 1. The van der Waals surface area contributed by atoms with Crippen molar-refractivity contribution in [1.29, 1.82) is 0 Å². The van der Waals surface area contributed by atoms with Crippen LogP contribution in [0.1, 0.15) is 25.2 Å². The minimum Gasteiger partial charge on any atom is -0.493 e. The highest BCUT2D eigenvalue weighted by atomic mass is 16.5. The summed E-state index contributed by atoms with van der Waals surface area (Å²) in [6.07, 6.45) is 3.49. The summed E-state index contributed by atoms with van der Waals surface area (Å²) in [5, 5.41) is 2.64. The van der Waals surface area contributed by atoms with Gasteiger partial charge < -0.3 is 19.2 Å². The van der Waals surface area contributed by atoms with Crippen LogP contribution in [0.3, 0.4) is 0 Å². The normalized spacial score (nSPS) is 11.9. The van der Waals surface area contributed by atoms with Crippen molar-refractivity contribution in [3.05, 3.63) is 60.1 Å². The maximum atomic E-state index is 11.9. The van der Waals surface area contributed by atoms with Crippen LogP contribution in [-0.4, -0.2) is 24.6 Å². The molecular formula is C19H21NO5. The number of esters is 1. The van der Waals surface area contributed by atoms with Crippen LogP contribution in [0.5, 0.6) is 5.75 Å². The fraction of sp³-hybridized carbons (Fsp3) is 0.263. The topological polar surface area (TPSA) is 77.8 Å². The van der Waals surface area contributed by atoms with Gasteiger partial charge in [0.05, 0.1) is 19.4 Å². The summed E-state index contributed by atoms with van der Waals surface area (Å²) in [4.78, 5) is 23.8. The average Bonchev–Trinajstić information content (AvgIpc) is 3.12. The van der Waals surface area contributed by atoms with E-state index in [-0.39, 0.29) is 6.54 Å². The number of benzene rings is 1. The number of para-hydroxylation sites is 1. The molecule has 0 aliphatic carbocycles. The minimum atomic E-state index is -0.908. The van der Waals surface area contributed by atoms with E-state index >= 15 is 0 Å². The summed E-state index contributed by atoms with van der Waals surface area (Å²) in [6, 6.07) is 10.8. The molecule has 25 heavy (non-hydrogen) atoms. The van der Waals surface area contributed by atoms with Gasteiger partial charge in [-0.1, -0.05) is 18.2 Å². The predicted octanol–water partition coefficient (Wildman–Crippen LogP) is 2.94. The lowest BCUT2D eigenvalue weighted by Gasteiger charge is -2.11. The van der Waals surface area contributed by atoms with E-state index in [0.717, 1.165) is 5.56 Å². The number of amides is 1. The third-order valence-electron chi connectivity index (χ3n) is 3.30. The second-order valence-corrected chi connectivity index (χ2v) is 5.18. The number of hydrogen-bond donors (Lipinski definition) is 1. The third-order valence-corrected chi connectivity index (χ3v) is 3.30. The molecule has 0 spiro atoms. The molecule has 0 fully saturated rings. The van der Waals surface area contributed by atoms with E-state index in [1.165, 1.54) is 19.3 Å². The van der Waals surface area contributed by atoms with Gasteiger partial charge in [0.1, 0.15) is 11.5 Å². The van der Waals surface area contributed by atoms with E-state index in [9.17, 15) is 9.59 Å². The van der Waals surface area contributed by atoms with Crippen molar-refractivity contribution in [2.45, 2.75) is 26.5 Å². The largest absolute Gasteiger partial charge is 0.493 e. The summed E-state index contributed by atoms with van der Waals surface area (Å²) in [5.41, 5.74) is 0.760. The number of nitrogens with one attached hydrogen (secondary N) is 1. The van der Waals surface area contributed by atoms with E-state index in [1.54, 1.807) is 18.2 Å². The van der Waals surface area contributed by atoms with Gasteiger partial charge in [-0.25, -0.2) is 4.79 Å². The number of hydrogen-bond acceptors (Lipinski definition) is 5. The lowest BCUT2D eigenvalue weighted by molar-refractivity contribution is -0.150. The van der Waals surface area contributed by atoms with Crippen molar-refractivity contribution in [3.8, 4) is 5.75 Å². The highest BCUT2D eigenvalue weighted by molar-refractivity contribution is 5.90. The van der Waals surface area contributed by atoms with Crippen LogP contribution in [0.4, 0.5) is 0 Å². The van der Waals surface area contributed by atoms with Gasteiger partial charge in [-0.05, 0) is 38.1 Å². The van der Waals surface area contributed by atoms with Gasteiger partial charge in [0, 0.05) is 11.6 Å². The maximum Gasteiger partial charge on any atom is 0.331 e. The molecule has 0 radical (unpaired) electrons. The molecule has 0 bridgehead atoms. The van der Waals surface area contributed by atoms with Crippen LogP contribution in [0.2, 0.25) is 0 Å². The molecule has 0 saturated heterocycles. The number of ether oxygens (including phenoxy) is 2. The van der Waals surface area contributed by atoms with E-state index in [0.29, 0.717) is 18.1 Å². The Bertz CT molecular complexity index is 721. The van der Waals surface area contributed by atoms with E-state index in [4.69, 9.17) is 13.9 Å². The molecule has 1 heterocycles. The number of carbonyl (C=O) groups excluding carboxylic acids is 2. The Kier molecular flexibility index (Phi) is 6.83. The first-order valence-electron chi connectivity index (χ1n) is 8.00. The molecule has 1 aromatic carbocycles. The Morgan fingerprint density at radius 1 is 1.24 bits per heavy atom. The lowest BCUT2D eigenvalue weighted by Crippen LogP contribution is -2.35. The van der Waals surface area contributed by atoms with Crippen LogP contribution >= 0.6 is 0 Å². The summed E-state index contributed by atoms with van der Waals surface area (Å²) in [5.74, 6) is 0.303. The summed E-state index contributed by atoms with van der Waals surface area (Å²) >= 11 is 0.